The standard InChI is InChI=1S/C19H18FNO3S/c1-12(18(22)21-11-25-10-17(21)19(23)24)14-7-8-15(16(20)9-14)13-5-3-2-4-6-13/h2-9,12,17H,10-11H2,1H3,(H,23,24). The fraction of sp³-hybridized carbons (Fsp3) is 0.263. The molecule has 2 aromatic rings. The van der Waals surface area contributed by atoms with E-state index in [4.69, 9.17) is 0 Å². The van der Waals surface area contributed by atoms with E-state index in [1.54, 1.807) is 19.1 Å². The van der Waals surface area contributed by atoms with Crippen molar-refractivity contribution < 1.29 is 19.1 Å². The number of carboxylic acid groups (broad SMARTS) is 1. The summed E-state index contributed by atoms with van der Waals surface area (Å²) in [6, 6.07) is 13.1. The third-order valence-electron chi connectivity index (χ3n) is 4.40. The van der Waals surface area contributed by atoms with E-state index in [0.29, 0.717) is 22.8 Å². The molecule has 2 aromatic carbocycles. The van der Waals surface area contributed by atoms with Crippen LogP contribution >= 0.6 is 11.8 Å². The van der Waals surface area contributed by atoms with E-state index < -0.39 is 23.7 Å². The number of halogens is 1. The van der Waals surface area contributed by atoms with Crippen LogP contribution in [0.3, 0.4) is 0 Å². The molecule has 1 N–H and O–H groups in total. The molecule has 1 amide bonds. The summed E-state index contributed by atoms with van der Waals surface area (Å²) in [5, 5.41) is 9.22. The molecular formula is C19H18FNO3S. The van der Waals surface area contributed by atoms with Gasteiger partial charge in [-0.05, 0) is 24.1 Å². The molecule has 0 bridgehead atoms. The predicted octanol–water partition coefficient (Wildman–Crippen LogP) is 3.58. The van der Waals surface area contributed by atoms with Gasteiger partial charge in [0, 0.05) is 11.3 Å². The minimum Gasteiger partial charge on any atom is -0.480 e. The number of benzene rings is 2. The molecule has 4 nitrogen and oxygen atoms in total. The summed E-state index contributed by atoms with van der Waals surface area (Å²) in [4.78, 5) is 25.3. The first kappa shape index (κ1) is 17.5. The predicted molar refractivity (Wildman–Crippen MR) is 95.8 cm³/mol. The number of carboxylic acids is 1. The maximum Gasteiger partial charge on any atom is 0.327 e. The Kier molecular flexibility index (Phi) is 5.08. The zero-order valence-electron chi connectivity index (χ0n) is 13.7. The molecule has 1 saturated heterocycles. The highest BCUT2D eigenvalue weighted by atomic mass is 32.2. The van der Waals surface area contributed by atoms with Crippen molar-refractivity contribution in [3.05, 3.63) is 59.9 Å². The fourth-order valence-corrected chi connectivity index (χ4v) is 4.06. The van der Waals surface area contributed by atoms with Gasteiger partial charge in [-0.3, -0.25) is 4.79 Å². The number of nitrogens with zero attached hydrogens (tertiary/aromatic N) is 1. The number of aliphatic carboxylic acids is 1. The summed E-state index contributed by atoms with van der Waals surface area (Å²) < 4.78 is 14.5. The lowest BCUT2D eigenvalue weighted by atomic mass is 9.95. The van der Waals surface area contributed by atoms with Crippen LogP contribution in [0.5, 0.6) is 0 Å². The summed E-state index contributed by atoms with van der Waals surface area (Å²) in [6.45, 7) is 1.68. The third-order valence-corrected chi connectivity index (χ3v) is 5.41. The maximum absolute atomic E-state index is 14.5. The van der Waals surface area contributed by atoms with E-state index in [2.05, 4.69) is 0 Å². The van der Waals surface area contributed by atoms with Crippen LogP contribution in [0, 0.1) is 5.82 Å². The molecule has 0 radical (unpaired) electrons. The highest BCUT2D eigenvalue weighted by molar-refractivity contribution is 7.99. The Morgan fingerprint density at radius 2 is 1.96 bits per heavy atom. The van der Waals surface area contributed by atoms with Gasteiger partial charge in [0.2, 0.25) is 5.91 Å². The van der Waals surface area contributed by atoms with Crippen molar-refractivity contribution in [3.63, 3.8) is 0 Å². The van der Waals surface area contributed by atoms with Crippen molar-refractivity contribution in [2.75, 3.05) is 11.6 Å². The molecule has 1 aliphatic rings. The van der Waals surface area contributed by atoms with Crippen molar-refractivity contribution >= 4 is 23.6 Å². The highest BCUT2D eigenvalue weighted by Crippen LogP contribution is 2.29. The summed E-state index contributed by atoms with van der Waals surface area (Å²) in [5.74, 6) is -1.55. The van der Waals surface area contributed by atoms with E-state index >= 15 is 0 Å². The largest absolute Gasteiger partial charge is 0.480 e. The van der Waals surface area contributed by atoms with Crippen molar-refractivity contribution in [1.82, 2.24) is 4.90 Å². The minimum absolute atomic E-state index is 0.288. The first-order valence-corrected chi connectivity index (χ1v) is 9.10. The number of rotatable bonds is 4. The number of thioether (sulfide) groups is 1. The molecule has 0 aliphatic carbocycles. The molecular weight excluding hydrogens is 341 g/mol. The lowest BCUT2D eigenvalue weighted by molar-refractivity contribution is -0.148. The van der Waals surface area contributed by atoms with E-state index in [9.17, 15) is 19.1 Å². The monoisotopic (exact) mass is 359 g/mol. The molecule has 0 saturated carbocycles. The van der Waals surface area contributed by atoms with Crippen LogP contribution in [-0.2, 0) is 9.59 Å². The Morgan fingerprint density at radius 1 is 1.24 bits per heavy atom. The van der Waals surface area contributed by atoms with Crippen LogP contribution in [0.15, 0.2) is 48.5 Å². The topological polar surface area (TPSA) is 57.6 Å². The molecule has 3 rings (SSSR count). The number of hydrogen-bond donors (Lipinski definition) is 1. The Morgan fingerprint density at radius 3 is 2.60 bits per heavy atom. The molecule has 1 fully saturated rings. The molecule has 6 heteroatoms. The van der Waals surface area contributed by atoms with Gasteiger partial charge in [-0.25, -0.2) is 9.18 Å². The van der Waals surface area contributed by atoms with Gasteiger partial charge in [0.25, 0.3) is 0 Å². The van der Waals surface area contributed by atoms with E-state index in [1.807, 2.05) is 30.3 Å². The van der Waals surface area contributed by atoms with Gasteiger partial charge in [0.15, 0.2) is 0 Å². The van der Waals surface area contributed by atoms with Crippen LogP contribution in [0.1, 0.15) is 18.4 Å². The first-order chi connectivity index (χ1) is 12.0. The molecule has 1 heterocycles. The smallest absolute Gasteiger partial charge is 0.327 e. The molecule has 0 spiro atoms. The van der Waals surface area contributed by atoms with Gasteiger partial charge in [0.05, 0.1) is 11.8 Å². The van der Waals surface area contributed by atoms with Gasteiger partial charge in [-0.15, -0.1) is 11.8 Å². The van der Waals surface area contributed by atoms with Crippen molar-refractivity contribution in [2.45, 2.75) is 18.9 Å². The number of amides is 1. The van der Waals surface area contributed by atoms with Gasteiger partial charge >= 0.3 is 5.97 Å². The molecule has 25 heavy (non-hydrogen) atoms. The normalized spacial score (nSPS) is 18.2. The van der Waals surface area contributed by atoms with E-state index in [1.165, 1.54) is 22.7 Å². The Hall–Kier alpha value is -2.34. The fourth-order valence-electron chi connectivity index (χ4n) is 2.91. The van der Waals surface area contributed by atoms with Crippen LogP contribution in [0.2, 0.25) is 0 Å². The van der Waals surface area contributed by atoms with Crippen molar-refractivity contribution in [3.8, 4) is 11.1 Å². The maximum atomic E-state index is 14.5. The van der Waals surface area contributed by atoms with Crippen LogP contribution < -0.4 is 0 Å². The summed E-state index contributed by atoms with van der Waals surface area (Å²) in [6.07, 6.45) is 0. The zero-order chi connectivity index (χ0) is 18.0. The second-order valence-electron chi connectivity index (χ2n) is 5.99. The second kappa shape index (κ2) is 7.27. The average Bonchev–Trinajstić information content (AvgIpc) is 3.11. The third kappa shape index (κ3) is 3.54. The molecule has 1 aliphatic heterocycles. The summed E-state index contributed by atoms with van der Waals surface area (Å²) >= 11 is 1.41. The highest BCUT2D eigenvalue weighted by Gasteiger charge is 2.36. The van der Waals surface area contributed by atoms with Crippen molar-refractivity contribution in [1.29, 1.82) is 0 Å². The van der Waals surface area contributed by atoms with Gasteiger partial charge in [-0.2, -0.15) is 0 Å². The van der Waals surface area contributed by atoms with Gasteiger partial charge < -0.3 is 10.0 Å². The number of carbonyl (C=O) groups is 2. The minimum atomic E-state index is -1.00. The van der Waals surface area contributed by atoms with Crippen LogP contribution in [0.25, 0.3) is 11.1 Å². The SMILES string of the molecule is CC(C(=O)N1CSCC1C(=O)O)c1ccc(-c2ccccc2)c(F)c1. The molecule has 2 unspecified atom stereocenters. The number of hydrogen-bond acceptors (Lipinski definition) is 3. The molecule has 2 atom stereocenters. The quantitative estimate of drug-likeness (QED) is 0.906. The van der Waals surface area contributed by atoms with Crippen LogP contribution in [-0.4, -0.2) is 39.6 Å². The molecule has 0 aromatic heterocycles. The lowest BCUT2D eigenvalue weighted by Gasteiger charge is -2.24. The first-order valence-electron chi connectivity index (χ1n) is 7.95. The summed E-state index contributed by atoms with van der Waals surface area (Å²) in [5.41, 5.74) is 1.79. The Bertz CT molecular complexity index is 797. The average molecular weight is 359 g/mol. The van der Waals surface area contributed by atoms with Gasteiger partial charge in [-0.1, -0.05) is 42.5 Å². The van der Waals surface area contributed by atoms with Gasteiger partial charge in [0.1, 0.15) is 11.9 Å². The van der Waals surface area contributed by atoms with E-state index in [-0.39, 0.29) is 5.91 Å². The lowest BCUT2D eigenvalue weighted by Crippen LogP contribution is -2.43. The van der Waals surface area contributed by atoms with Crippen molar-refractivity contribution in [2.24, 2.45) is 0 Å². The Labute approximate surface area is 149 Å². The zero-order valence-corrected chi connectivity index (χ0v) is 14.5. The molecule has 130 valence electrons. The summed E-state index contributed by atoms with van der Waals surface area (Å²) in [7, 11) is 0. The Balaban J connectivity index is 1.83. The number of carbonyl (C=O) groups excluding carboxylic acids is 1. The van der Waals surface area contributed by atoms with E-state index in [0.717, 1.165) is 5.56 Å². The van der Waals surface area contributed by atoms with Crippen LogP contribution in [0.4, 0.5) is 4.39 Å². The second-order valence-corrected chi connectivity index (χ2v) is 6.99.